The number of rotatable bonds is 7. The average molecular weight is 432 g/mol. The zero-order chi connectivity index (χ0) is 22.0. The van der Waals surface area contributed by atoms with Crippen LogP contribution in [0.4, 0.5) is 5.69 Å². The summed E-state index contributed by atoms with van der Waals surface area (Å²) in [4.78, 5) is 4.75. The molecule has 4 rings (SSSR count). The fourth-order valence-corrected chi connectivity index (χ4v) is 4.69. The third kappa shape index (κ3) is 4.46. The number of hydrogen-bond acceptors (Lipinski definition) is 7. The SMILES string of the molecule is CCOc1ccccc1N1CCN(CCCn2c(O)c3c(c2O)CC(O)C(O)C3)CC1. The number of aromatic nitrogens is 1. The van der Waals surface area contributed by atoms with Gasteiger partial charge in [-0.15, -0.1) is 0 Å². The van der Waals surface area contributed by atoms with Crippen LogP contribution < -0.4 is 9.64 Å². The second kappa shape index (κ2) is 9.38. The Morgan fingerprint density at radius 1 is 0.903 bits per heavy atom. The summed E-state index contributed by atoms with van der Waals surface area (Å²) in [6.07, 6.45) is -0.701. The number of anilines is 1. The number of hydrogen-bond donors (Lipinski definition) is 4. The van der Waals surface area contributed by atoms with Crippen molar-refractivity contribution in [2.45, 2.75) is 44.9 Å². The molecule has 0 bridgehead atoms. The van der Waals surface area contributed by atoms with Gasteiger partial charge in [0.1, 0.15) is 5.75 Å². The van der Waals surface area contributed by atoms with Crippen molar-refractivity contribution in [1.29, 1.82) is 0 Å². The van der Waals surface area contributed by atoms with Crippen LogP contribution in [0.25, 0.3) is 0 Å². The summed E-state index contributed by atoms with van der Waals surface area (Å²) in [6.45, 7) is 7.74. The highest BCUT2D eigenvalue weighted by molar-refractivity contribution is 5.58. The first-order chi connectivity index (χ1) is 15.0. The molecule has 2 aliphatic rings. The number of aliphatic hydroxyl groups excluding tert-OH is 2. The molecule has 1 saturated heterocycles. The Hall–Kier alpha value is -2.42. The minimum Gasteiger partial charge on any atom is -0.494 e. The highest BCUT2D eigenvalue weighted by Crippen LogP contribution is 2.39. The Bertz CT molecular complexity index is 858. The van der Waals surface area contributed by atoms with Gasteiger partial charge in [0.05, 0.1) is 24.5 Å². The van der Waals surface area contributed by atoms with Gasteiger partial charge in [-0.3, -0.25) is 9.47 Å². The summed E-state index contributed by atoms with van der Waals surface area (Å²) in [5, 5.41) is 40.8. The van der Waals surface area contributed by atoms with Gasteiger partial charge in [0.2, 0.25) is 0 Å². The maximum Gasteiger partial charge on any atom is 0.197 e. The van der Waals surface area contributed by atoms with Crippen LogP contribution in [0.15, 0.2) is 24.3 Å². The average Bonchev–Trinajstić information content (AvgIpc) is 2.99. The molecule has 0 saturated carbocycles. The zero-order valence-corrected chi connectivity index (χ0v) is 18.1. The first-order valence-corrected chi connectivity index (χ1v) is 11.2. The minimum atomic E-state index is -0.905. The third-order valence-corrected chi connectivity index (χ3v) is 6.42. The van der Waals surface area contributed by atoms with Crippen LogP contribution in [0.1, 0.15) is 24.5 Å². The summed E-state index contributed by atoms with van der Waals surface area (Å²) < 4.78 is 7.27. The minimum absolute atomic E-state index is 0.0100. The van der Waals surface area contributed by atoms with E-state index in [2.05, 4.69) is 15.9 Å². The number of piperazine rings is 1. The van der Waals surface area contributed by atoms with Crippen molar-refractivity contribution >= 4 is 5.69 Å². The van der Waals surface area contributed by atoms with E-state index < -0.39 is 12.2 Å². The van der Waals surface area contributed by atoms with Crippen molar-refractivity contribution in [3.63, 3.8) is 0 Å². The predicted molar refractivity (Wildman–Crippen MR) is 118 cm³/mol. The number of ether oxygens (including phenoxy) is 1. The Morgan fingerprint density at radius 3 is 2.13 bits per heavy atom. The quantitative estimate of drug-likeness (QED) is 0.525. The van der Waals surface area contributed by atoms with Gasteiger partial charge in [-0.25, -0.2) is 0 Å². The fraction of sp³-hybridized carbons (Fsp3) is 0.565. The van der Waals surface area contributed by atoms with E-state index >= 15 is 0 Å². The molecule has 2 heterocycles. The van der Waals surface area contributed by atoms with Gasteiger partial charge in [-0.1, -0.05) is 12.1 Å². The predicted octanol–water partition coefficient (Wildman–Crippen LogP) is 1.33. The third-order valence-electron chi connectivity index (χ3n) is 6.42. The highest BCUT2D eigenvalue weighted by Gasteiger charge is 2.33. The van der Waals surface area contributed by atoms with Crippen LogP contribution in [-0.4, -0.2) is 81.4 Å². The van der Waals surface area contributed by atoms with Gasteiger partial charge in [-0.05, 0) is 32.0 Å². The van der Waals surface area contributed by atoms with Crippen molar-refractivity contribution in [2.75, 3.05) is 44.2 Å². The van der Waals surface area contributed by atoms with Crippen molar-refractivity contribution in [1.82, 2.24) is 9.47 Å². The Balaban J connectivity index is 1.30. The number of benzene rings is 1. The lowest BCUT2D eigenvalue weighted by Crippen LogP contribution is -2.46. The van der Waals surface area contributed by atoms with E-state index in [4.69, 9.17) is 4.74 Å². The molecule has 8 heteroatoms. The number of para-hydroxylation sites is 2. The molecule has 1 aliphatic heterocycles. The van der Waals surface area contributed by atoms with Crippen LogP contribution >= 0.6 is 0 Å². The van der Waals surface area contributed by atoms with E-state index in [1.807, 2.05) is 25.1 Å². The molecule has 0 amide bonds. The van der Waals surface area contributed by atoms with Gasteiger partial charge in [0.25, 0.3) is 0 Å². The molecule has 2 aromatic rings. The summed E-state index contributed by atoms with van der Waals surface area (Å²) in [5.41, 5.74) is 2.25. The summed E-state index contributed by atoms with van der Waals surface area (Å²) >= 11 is 0. The molecule has 2 atom stereocenters. The van der Waals surface area contributed by atoms with E-state index in [0.717, 1.165) is 50.6 Å². The van der Waals surface area contributed by atoms with Crippen LogP contribution in [0, 0.1) is 0 Å². The van der Waals surface area contributed by atoms with Crippen molar-refractivity contribution in [3.05, 3.63) is 35.4 Å². The summed E-state index contributed by atoms with van der Waals surface area (Å²) in [5.74, 6) is 0.947. The molecule has 170 valence electrons. The fourth-order valence-electron chi connectivity index (χ4n) is 4.69. The molecule has 1 aliphatic carbocycles. The van der Waals surface area contributed by atoms with Crippen LogP contribution in [0.5, 0.6) is 17.5 Å². The lowest BCUT2D eigenvalue weighted by atomic mass is 9.90. The molecule has 4 N–H and O–H groups in total. The van der Waals surface area contributed by atoms with Crippen molar-refractivity contribution in [3.8, 4) is 17.5 Å². The van der Waals surface area contributed by atoms with Gasteiger partial charge >= 0.3 is 0 Å². The van der Waals surface area contributed by atoms with Crippen molar-refractivity contribution < 1.29 is 25.2 Å². The molecular formula is C23H33N3O5. The van der Waals surface area contributed by atoms with Gasteiger partial charge < -0.3 is 30.1 Å². The number of fused-ring (bicyclic) bond motifs is 1. The topological polar surface area (TPSA) is 102 Å². The molecule has 8 nitrogen and oxygen atoms in total. The van der Waals surface area contributed by atoms with Crippen LogP contribution in [0.3, 0.4) is 0 Å². The molecule has 1 aromatic heterocycles. The summed E-state index contributed by atoms with van der Waals surface area (Å²) in [6, 6.07) is 8.15. The first kappa shape index (κ1) is 21.8. The maximum absolute atomic E-state index is 10.5. The molecule has 31 heavy (non-hydrogen) atoms. The Kier molecular flexibility index (Phi) is 6.60. The van der Waals surface area contributed by atoms with E-state index in [9.17, 15) is 20.4 Å². The van der Waals surface area contributed by atoms with E-state index in [-0.39, 0.29) is 24.6 Å². The Labute approximate surface area is 182 Å². The van der Waals surface area contributed by atoms with Crippen molar-refractivity contribution in [2.24, 2.45) is 0 Å². The zero-order valence-electron chi connectivity index (χ0n) is 18.1. The number of nitrogens with zero attached hydrogens (tertiary/aromatic N) is 3. The second-order valence-corrected chi connectivity index (χ2v) is 8.38. The highest BCUT2D eigenvalue weighted by atomic mass is 16.5. The standard InChI is InChI=1S/C23H33N3O5/c1-2-31-21-7-4-3-6-18(21)25-12-10-24(11-13-25)8-5-9-26-22(29)16-14-19(27)20(28)15-17(16)23(26)30/h3-4,6-7,19-20,27-30H,2,5,8-15H2,1H3. The van der Waals surface area contributed by atoms with Gasteiger partial charge in [-0.2, -0.15) is 0 Å². The van der Waals surface area contributed by atoms with E-state index in [0.29, 0.717) is 24.3 Å². The van der Waals surface area contributed by atoms with Crippen LogP contribution in [-0.2, 0) is 19.4 Å². The molecular weight excluding hydrogens is 398 g/mol. The molecule has 0 radical (unpaired) electrons. The lowest BCUT2D eigenvalue weighted by Gasteiger charge is -2.36. The van der Waals surface area contributed by atoms with E-state index in [1.165, 1.54) is 4.57 Å². The molecule has 2 unspecified atom stereocenters. The van der Waals surface area contributed by atoms with Gasteiger partial charge in [0, 0.05) is 56.7 Å². The number of aliphatic hydroxyl groups is 2. The first-order valence-electron chi connectivity index (χ1n) is 11.2. The largest absolute Gasteiger partial charge is 0.494 e. The lowest BCUT2D eigenvalue weighted by molar-refractivity contribution is 0.0136. The van der Waals surface area contributed by atoms with E-state index in [1.54, 1.807) is 0 Å². The van der Waals surface area contributed by atoms with Gasteiger partial charge in [0.15, 0.2) is 11.8 Å². The Morgan fingerprint density at radius 2 is 1.52 bits per heavy atom. The molecule has 1 fully saturated rings. The van der Waals surface area contributed by atoms with Crippen LogP contribution in [0.2, 0.25) is 0 Å². The molecule has 0 spiro atoms. The monoisotopic (exact) mass is 431 g/mol. The summed E-state index contributed by atoms with van der Waals surface area (Å²) in [7, 11) is 0. The molecule has 1 aromatic carbocycles. The second-order valence-electron chi connectivity index (χ2n) is 8.38. The smallest absolute Gasteiger partial charge is 0.197 e. The normalized spacial score (nSPS) is 21.8. The maximum atomic E-state index is 10.5. The number of aromatic hydroxyl groups is 2.